The van der Waals surface area contributed by atoms with Crippen molar-refractivity contribution < 1.29 is 4.79 Å². The van der Waals surface area contributed by atoms with E-state index in [2.05, 4.69) is 36.4 Å². The van der Waals surface area contributed by atoms with Crippen LogP contribution in [0, 0.1) is 0 Å². The molecule has 0 unspecified atom stereocenters. The van der Waals surface area contributed by atoms with Gasteiger partial charge in [-0.1, -0.05) is 52.8 Å². The van der Waals surface area contributed by atoms with E-state index < -0.39 is 0 Å². The summed E-state index contributed by atoms with van der Waals surface area (Å²) in [6.07, 6.45) is 0.927. The molecule has 0 fully saturated rings. The largest absolute Gasteiger partial charge is 0.355 e. The molecule has 1 aromatic heterocycles. The van der Waals surface area contributed by atoms with E-state index in [0.717, 1.165) is 16.5 Å². The second-order valence-corrected chi connectivity index (χ2v) is 6.66. The van der Waals surface area contributed by atoms with Gasteiger partial charge in [-0.3, -0.25) is 9.89 Å². The van der Waals surface area contributed by atoms with Gasteiger partial charge in [0.2, 0.25) is 11.1 Å². The highest BCUT2D eigenvalue weighted by atomic mass is 79.9. The number of benzene rings is 1. The average molecular weight is 369 g/mol. The van der Waals surface area contributed by atoms with Crippen LogP contribution in [0.3, 0.4) is 0 Å². The average Bonchev–Trinajstić information content (AvgIpc) is 2.93. The zero-order valence-electron chi connectivity index (χ0n) is 11.9. The molecule has 2 aromatic rings. The lowest BCUT2D eigenvalue weighted by atomic mass is 10.2. The summed E-state index contributed by atoms with van der Waals surface area (Å²) in [5, 5.41) is 10.3. The first kappa shape index (κ1) is 16.0. The van der Waals surface area contributed by atoms with Gasteiger partial charge < -0.3 is 5.32 Å². The van der Waals surface area contributed by atoms with Crippen molar-refractivity contribution >= 4 is 33.6 Å². The molecule has 1 amide bonds. The van der Waals surface area contributed by atoms with Crippen LogP contribution in [0.1, 0.15) is 20.3 Å². The molecule has 0 aliphatic heterocycles. The van der Waals surface area contributed by atoms with E-state index in [1.54, 1.807) is 0 Å². The van der Waals surface area contributed by atoms with Crippen LogP contribution in [0.15, 0.2) is 33.9 Å². The number of halogens is 1. The number of nitrogens with zero attached hydrogens (tertiary/aromatic N) is 2. The van der Waals surface area contributed by atoms with Crippen molar-refractivity contribution in [1.29, 1.82) is 0 Å². The zero-order valence-corrected chi connectivity index (χ0v) is 14.3. The number of hydrogen-bond acceptors (Lipinski definition) is 4. The molecule has 2 rings (SSSR count). The molecule has 1 heterocycles. The van der Waals surface area contributed by atoms with Crippen LogP contribution in [0.5, 0.6) is 0 Å². The fraction of sp³-hybridized carbons (Fsp3) is 0.357. The van der Waals surface area contributed by atoms with Crippen molar-refractivity contribution in [3.05, 3.63) is 28.7 Å². The summed E-state index contributed by atoms with van der Waals surface area (Å²) < 4.78 is 0.950. The maximum Gasteiger partial charge on any atom is 0.233 e. The normalized spacial score (nSPS) is 12.1. The minimum Gasteiger partial charge on any atom is -0.355 e. The van der Waals surface area contributed by atoms with Gasteiger partial charge in [-0.15, -0.1) is 5.10 Å². The van der Waals surface area contributed by atoms with E-state index in [9.17, 15) is 4.79 Å². The number of amides is 1. The Morgan fingerprint density at radius 2 is 2.24 bits per heavy atom. The predicted octanol–water partition coefficient (Wildman–Crippen LogP) is 3.24. The molecule has 21 heavy (non-hydrogen) atoms. The maximum atomic E-state index is 11.8. The van der Waals surface area contributed by atoms with Gasteiger partial charge in [-0.25, -0.2) is 4.98 Å². The zero-order chi connectivity index (χ0) is 15.2. The van der Waals surface area contributed by atoms with Crippen molar-refractivity contribution in [3.8, 4) is 11.4 Å². The molecule has 1 aromatic carbocycles. The molecule has 1 atom stereocenters. The van der Waals surface area contributed by atoms with Gasteiger partial charge in [0, 0.05) is 16.6 Å². The van der Waals surface area contributed by atoms with Crippen molar-refractivity contribution in [3.63, 3.8) is 0 Å². The lowest BCUT2D eigenvalue weighted by molar-refractivity contribution is -0.120. The van der Waals surface area contributed by atoms with Crippen molar-refractivity contribution in [2.75, 3.05) is 6.54 Å². The van der Waals surface area contributed by atoms with Gasteiger partial charge in [0.05, 0.1) is 5.25 Å². The first-order valence-electron chi connectivity index (χ1n) is 6.73. The molecular weight excluding hydrogens is 352 g/mol. The molecule has 0 bridgehead atoms. The number of carbonyl (C=O) groups excluding carboxylic acids is 1. The van der Waals surface area contributed by atoms with E-state index in [-0.39, 0.29) is 11.2 Å². The van der Waals surface area contributed by atoms with E-state index in [0.29, 0.717) is 17.5 Å². The molecule has 0 saturated heterocycles. The van der Waals surface area contributed by atoms with Gasteiger partial charge in [0.1, 0.15) is 0 Å². The molecule has 7 heteroatoms. The minimum atomic E-state index is -0.223. The molecule has 0 saturated carbocycles. The Morgan fingerprint density at radius 3 is 2.95 bits per heavy atom. The van der Waals surface area contributed by atoms with Crippen LogP contribution in [0.4, 0.5) is 0 Å². The fourth-order valence-electron chi connectivity index (χ4n) is 1.68. The monoisotopic (exact) mass is 368 g/mol. The number of aromatic amines is 1. The van der Waals surface area contributed by atoms with Crippen LogP contribution in [-0.2, 0) is 4.79 Å². The molecular formula is C14H17BrN4OS. The van der Waals surface area contributed by atoms with E-state index in [4.69, 9.17) is 0 Å². The quantitative estimate of drug-likeness (QED) is 0.767. The van der Waals surface area contributed by atoms with Crippen LogP contribution < -0.4 is 5.32 Å². The molecule has 5 nitrogen and oxygen atoms in total. The van der Waals surface area contributed by atoms with Crippen LogP contribution in [-0.4, -0.2) is 32.9 Å². The minimum absolute atomic E-state index is 0.00842. The Bertz CT molecular complexity index is 617. The number of hydrogen-bond donors (Lipinski definition) is 2. The summed E-state index contributed by atoms with van der Waals surface area (Å²) in [5.41, 5.74) is 0.944. The molecule has 0 spiro atoms. The number of rotatable bonds is 6. The third kappa shape index (κ3) is 4.31. The van der Waals surface area contributed by atoms with Gasteiger partial charge in [0.15, 0.2) is 5.82 Å². The van der Waals surface area contributed by atoms with Gasteiger partial charge >= 0.3 is 0 Å². The third-order valence-electron chi connectivity index (χ3n) is 2.79. The molecule has 0 aliphatic carbocycles. The Morgan fingerprint density at radius 1 is 1.48 bits per heavy atom. The Kier molecular flexibility index (Phi) is 5.81. The Balaban J connectivity index is 2.04. The molecule has 2 N–H and O–H groups in total. The first-order chi connectivity index (χ1) is 10.1. The summed E-state index contributed by atoms with van der Waals surface area (Å²) in [4.78, 5) is 16.3. The van der Waals surface area contributed by atoms with Crippen LogP contribution in [0.2, 0.25) is 0 Å². The number of H-pyrrole nitrogens is 1. The number of thioether (sulfide) groups is 1. The number of nitrogens with one attached hydrogen (secondary N) is 2. The van der Waals surface area contributed by atoms with Gasteiger partial charge in [-0.05, 0) is 19.4 Å². The van der Waals surface area contributed by atoms with Crippen LogP contribution >= 0.6 is 27.7 Å². The summed E-state index contributed by atoms with van der Waals surface area (Å²) in [6.45, 7) is 4.57. The van der Waals surface area contributed by atoms with Crippen molar-refractivity contribution in [1.82, 2.24) is 20.5 Å². The summed E-state index contributed by atoms with van der Waals surface area (Å²) in [7, 11) is 0. The van der Waals surface area contributed by atoms with E-state index >= 15 is 0 Å². The maximum absolute atomic E-state index is 11.8. The lowest BCUT2D eigenvalue weighted by Crippen LogP contribution is -2.31. The summed E-state index contributed by atoms with van der Waals surface area (Å²) in [6, 6.07) is 7.79. The topological polar surface area (TPSA) is 70.7 Å². The summed E-state index contributed by atoms with van der Waals surface area (Å²) in [5.74, 6) is 0.695. The highest BCUT2D eigenvalue weighted by Crippen LogP contribution is 2.27. The Hall–Kier alpha value is -1.34. The molecule has 112 valence electrons. The van der Waals surface area contributed by atoms with Crippen molar-refractivity contribution in [2.45, 2.75) is 30.7 Å². The number of carbonyl (C=O) groups is 1. The Labute approximate surface area is 136 Å². The second kappa shape index (κ2) is 7.61. The smallest absolute Gasteiger partial charge is 0.233 e. The van der Waals surface area contributed by atoms with Gasteiger partial charge in [0.25, 0.3) is 0 Å². The highest BCUT2D eigenvalue weighted by molar-refractivity contribution is 9.10. The molecule has 0 aliphatic rings. The van der Waals surface area contributed by atoms with E-state index in [1.807, 2.05) is 38.1 Å². The fourth-order valence-corrected chi connectivity index (χ4v) is 2.90. The number of aromatic nitrogens is 3. The first-order valence-corrected chi connectivity index (χ1v) is 8.40. The molecule has 0 radical (unpaired) electrons. The third-order valence-corrected chi connectivity index (χ3v) is 4.45. The predicted molar refractivity (Wildman–Crippen MR) is 88.1 cm³/mol. The van der Waals surface area contributed by atoms with Gasteiger partial charge in [-0.2, -0.15) is 0 Å². The SMILES string of the molecule is CCCNC(=O)[C@@H](C)Sc1n[nH]c(-c2ccccc2Br)n1. The lowest BCUT2D eigenvalue weighted by Gasteiger charge is -2.08. The second-order valence-electron chi connectivity index (χ2n) is 4.50. The highest BCUT2D eigenvalue weighted by Gasteiger charge is 2.17. The standard InChI is InChI=1S/C14H17BrN4OS/c1-3-8-16-13(20)9(2)21-14-17-12(18-19-14)10-6-4-5-7-11(10)15/h4-7,9H,3,8H2,1-2H3,(H,16,20)(H,17,18,19)/t9-/m1/s1. The van der Waals surface area contributed by atoms with Crippen molar-refractivity contribution in [2.24, 2.45) is 0 Å². The van der Waals surface area contributed by atoms with E-state index in [1.165, 1.54) is 11.8 Å². The summed E-state index contributed by atoms with van der Waals surface area (Å²) >= 11 is 4.83. The van der Waals surface area contributed by atoms with Crippen LogP contribution in [0.25, 0.3) is 11.4 Å².